The summed E-state index contributed by atoms with van der Waals surface area (Å²) in [5, 5.41) is 14.0. The van der Waals surface area contributed by atoms with E-state index in [-0.39, 0.29) is 18.1 Å². The van der Waals surface area contributed by atoms with Crippen molar-refractivity contribution in [3.8, 4) is 0 Å². The first-order valence-corrected chi connectivity index (χ1v) is 8.96. The predicted molar refractivity (Wildman–Crippen MR) is 106 cm³/mol. The minimum Gasteiger partial charge on any atom is -0.465 e. The van der Waals surface area contributed by atoms with Crippen molar-refractivity contribution in [3.63, 3.8) is 0 Å². The normalized spacial score (nSPS) is 10.4. The molecule has 10 heteroatoms. The van der Waals surface area contributed by atoms with Gasteiger partial charge in [-0.1, -0.05) is 6.92 Å². The molecule has 0 spiro atoms. The van der Waals surface area contributed by atoms with Crippen LogP contribution in [0.5, 0.6) is 0 Å². The summed E-state index contributed by atoms with van der Waals surface area (Å²) in [5.41, 5.74) is 7.59. The molecule has 0 saturated carbocycles. The Balaban J connectivity index is 2.34. The van der Waals surface area contributed by atoms with E-state index in [1.807, 2.05) is 25.8 Å². The van der Waals surface area contributed by atoms with Crippen LogP contribution in [0.1, 0.15) is 35.7 Å². The number of hydrogen-bond donors (Lipinski definition) is 4. The maximum absolute atomic E-state index is 11.9. The first-order valence-electron chi connectivity index (χ1n) is 8.96. The largest absolute Gasteiger partial charge is 0.465 e. The highest BCUT2D eigenvalue weighted by molar-refractivity contribution is 5.96. The second kappa shape index (κ2) is 9.49. The zero-order chi connectivity index (χ0) is 20.7. The number of carboxylic acid groups (broad SMARTS) is 1. The van der Waals surface area contributed by atoms with Gasteiger partial charge in [0.1, 0.15) is 0 Å². The number of primary amides is 1. The van der Waals surface area contributed by atoms with Crippen LogP contribution in [0.15, 0.2) is 18.3 Å². The molecule has 0 atom stereocenters. The van der Waals surface area contributed by atoms with Crippen LogP contribution in [0.3, 0.4) is 0 Å². The molecule has 0 unspecified atom stereocenters. The van der Waals surface area contributed by atoms with Crippen LogP contribution in [-0.4, -0.2) is 52.2 Å². The monoisotopic (exact) mass is 387 g/mol. The molecule has 2 heterocycles. The van der Waals surface area contributed by atoms with E-state index in [1.165, 1.54) is 0 Å². The number of amides is 2. The fourth-order valence-electron chi connectivity index (χ4n) is 2.54. The van der Waals surface area contributed by atoms with Gasteiger partial charge in [-0.15, -0.1) is 0 Å². The lowest BCUT2D eigenvalue weighted by molar-refractivity contribution is 0.0996. The number of nitrogens with zero attached hydrogens (tertiary/aromatic N) is 4. The van der Waals surface area contributed by atoms with Gasteiger partial charge in [0.25, 0.3) is 5.91 Å². The molecule has 28 heavy (non-hydrogen) atoms. The smallest absolute Gasteiger partial charge is 0.404 e. The van der Waals surface area contributed by atoms with Crippen molar-refractivity contribution in [2.45, 2.75) is 26.7 Å². The third kappa shape index (κ3) is 5.29. The van der Waals surface area contributed by atoms with Crippen molar-refractivity contribution in [2.75, 3.05) is 30.4 Å². The molecule has 2 rings (SSSR count). The molecule has 2 aromatic heterocycles. The number of anilines is 3. The number of aryl methyl sites for hydroxylation is 1. The first kappa shape index (κ1) is 20.9. The molecule has 2 amide bonds. The summed E-state index contributed by atoms with van der Waals surface area (Å²) in [6.07, 6.45) is 1.55. The minimum atomic E-state index is -1.08. The molecule has 0 bridgehead atoms. The van der Waals surface area contributed by atoms with E-state index in [9.17, 15) is 9.59 Å². The number of carbonyl (C=O) groups is 2. The van der Waals surface area contributed by atoms with E-state index in [0.717, 1.165) is 6.54 Å². The van der Waals surface area contributed by atoms with Crippen LogP contribution < -0.4 is 21.3 Å². The number of carbonyl (C=O) groups excluding carboxylic acids is 1. The number of aromatic nitrogens is 3. The zero-order valence-electron chi connectivity index (χ0n) is 16.2. The summed E-state index contributed by atoms with van der Waals surface area (Å²) < 4.78 is 0. The quantitative estimate of drug-likeness (QED) is 0.507. The molecule has 0 aliphatic heterocycles. The average Bonchev–Trinajstić information content (AvgIpc) is 2.66. The summed E-state index contributed by atoms with van der Waals surface area (Å²) in [4.78, 5) is 37.6. The Labute approximate surface area is 163 Å². The maximum atomic E-state index is 11.9. The predicted octanol–water partition coefficient (Wildman–Crippen LogP) is 1.54. The third-order valence-corrected chi connectivity index (χ3v) is 4.09. The lowest BCUT2D eigenvalue weighted by atomic mass is 10.2. The van der Waals surface area contributed by atoms with Gasteiger partial charge in [-0.3, -0.25) is 9.78 Å². The van der Waals surface area contributed by atoms with E-state index in [0.29, 0.717) is 35.7 Å². The fraction of sp³-hybridized carbons (Fsp3) is 0.389. The molecule has 0 aromatic carbocycles. The number of nitrogens with one attached hydrogen (secondary N) is 2. The molecular formula is C18H25N7O3. The number of rotatable bonds is 9. The molecule has 10 nitrogen and oxygen atoms in total. The summed E-state index contributed by atoms with van der Waals surface area (Å²) in [7, 11) is 1.90. The van der Waals surface area contributed by atoms with Gasteiger partial charge in [0.15, 0.2) is 17.3 Å². The number of hydrogen-bond acceptors (Lipinski definition) is 7. The molecule has 150 valence electrons. The lowest BCUT2D eigenvalue weighted by Crippen LogP contribution is -2.24. The lowest BCUT2D eigenvalue weighted by Gasteiger charge is -2.20. The molecule has 0 aliphatic carbocycles. The summed E-state index contributed by atoms with van der Waals surface area (Å²) >= 11 is 0. The Kier molecular flexibility index (Phi) is 7.08. The van der Waals surface area contributed by atoms with Crippen molar-refractivity contribution in [2.24, 2.45) is 5.73 Å². The van der Waals surface area contributed by atoms with Gasteiger partial charge < -0.3 is 26.4 Å². The van der Waals surface area contributed by atoms with E-state index < -0.39 is 12.0 Å². The molecule has 2 aromatic rings. The maximum Gasteiger partial charge on any atom is 0.404 e. The van der Waals surface area contributed by atoms with Gasteiger partial charge in [-0.25, -0.2) is 14.8 Å². The minimum absolute atomic E-state index is 0.0657. The molecule has 0 fully saturated rings. The molecule has 5 N–H and O–H groups in total. The number of nitrogens with two attached hydrogens (primary N) is 1. The Bertz CT molecular complexity index is 857. The highest BCUT2D eigenvalue weighted by Gasteiger charge is 2.19. The highest BCUT2D eigenvalue weighted by atomic mass is 16.4. The zero-order valence-corrected chi connectivity index (χ0v) is 16.2. The van der Waals surface area contributed by atoms with Gasteiger partial charge in [0.2, 0.25) is 0 Å². The summed E-state index contributed by atoms with van der Waals surface area (Å²) in [6, 6.07) is 3.48. The average molecular weight is 387 g/mol. The Hall–Kier alpha value is -3.43. The van der Waals surface area contributed by atoms with Crippen LogP contribution in [0.2, 0.25) is 0 Å². The summed E-state index contributed by atoms with van der Waals surface area (Å²) in [5.74, 6) is 0.272. The first-order chi connectivity index (χ1) is 13.3. The van der Waals surface area contributed by atoms with Crippen LogP contribution >= 0.6 is 0 Å². The van der Waals surface area contributed by atoms with E-state index in [2.05, 4.69) is 25.6 Å². The van der Waals surface area contributed by atoms with Crippen LogP contribution in [-0.2, 0) is 12.8 Å². The highest BCUT2D eigenvalue weighted by Crippen LogP contribution is 2.24. The van der Waals surface area contributed by atoms with Crippen molar-refractivity contribution < 1.29 is 14.7 Å². The van der Waals surface area contributed by atoms with Crippen molar-refractivity contribution in [1.82, 2.24) is 20.3 Å². The van der Waals surface area contributed by atoms with E-state index >= 15 is 0 Å². The van der Waals surface area contributed by atoms with Crippen molar-refractivity contribution in [3.05, 3.63) is 35.4 Å². The van der Waals surface area contributed by atoms with Gasteiger partial charge in [-0.2, -0.15) is 0 Å². The second-order valence-corrected chi connectivity index (χ2v) is 6.07. The SMILES string of the molecule is CCc1nc(C(N)=O)c(Nc2ccnc(CCNC(=O)O)c2)nc1N(C)CC. The van der Waals surface area contributed by atoms with Crippen molar-refractivity contribution >= 4 is 29.3 Å². The molecular weight excluding hydrogens is 362 g/mol. The summed E-state index contributed by atoms with van der Waals surface area (Å²) in [6.45, 7) is 4.91. The fourth-order valence-corrected chi connectivity index (χ4v) is 2.54. The Morgan fingerprint density at radius 1 is 1.29 bits per heavy atom. The van der Waals surface area contributed by atoms with Gasteiger partial charge in [-0.05, 0) is 25.5 Å². The van der Waals surface area contributed by atoms with E-state index in [4.69, 9.17) is 10.8 Å². The van der Waals surface area contributed by atoms with Crippen molar-refractivity contribution in [1.29, 1.82) is 0 Å². The second-order valence-electron chi connectivity index (χ2n) is 6.07. The standard InChI is InChI=1S/C18H25N7O3/c1-4-13-17(25(3)5-2)24-16(14(23-13)15(19)26)22-12-7-8-20-11(10-12)6-9-21-18(27)28/h7-8,10,21H,4-6,9H2,1-3H3,(H2,19,26)(H,27,28)(H,20,22,24). The molecule has 0 saturated heterocycles. The third-order valence-electron chi connectivity index (χ3n) is 4.09. The molecule has 0 radical (unpaired) electrons. The number of pyridine rings is 1. The van der Waals surface area contributed by atoms with Gasteiger partial charge in [0.05, 0.1) is 5.69 Å². The topological polar surface area (TPSA) is 146 Å². The Morgan fingerprint density at radius 3 is 2.64 bits per heavy atom. The van der Waals surface area contributed by atoms with E-state index in [1.54, 1.807) is 18.3 Å². The van der Waals surface area contributed by atoms with Gasteiger partial charge in [0, 0.05) is 44.1 Å². The van der Waals surface area contributed by atoms with Crippen LogP contribution in [0.25, 0.3) is 0 Å². The van der Waals surface area contributed by atoms with Crippen LogP contribution in [0.4, 0.5) is 22.1 Å². The Morgan fingerprint density at radius 2 is 2.04 bits per heavy atom. The molecule has 0 aliphatic rings. The van der Waals surface area contributed by atoms with Gasteiger partial charge >= 0.3 is 6.09 Å². The van der Waals surface area contributed by atoms with Crippen LogP contribution in [0, 0.1) is 0 Å².